The third-order valence-electron chi connectivity index (χ3n) is 2.56. The summed E-state index contributed by atoms with van der Waals surface area (Å²) in [5.41, 5.74) is 9.42. The number of aryl methyl sites for hydroxylation is 2. The van der Waals surface area contributed by atoms with E-state index in [1.165, 1.54) is 0 Å². The molecule has 0 aliphatic heterocycles. The van der Waals surface area contributed by atoms with Gasteiger partial charge in [-0.2, -0.15) is 5.10 Å². The number of nitrogens with two attached hydrogens (primary N) is 1. The Kier molecular flexibility index (Phi) is 3.01. The van der Waals surface area contributed by atoms with Crippen molar-refractivity contribution in [2.75, 3.05) is 0 Å². The third kappa shape index (κ3) is 2.46. The predicted octanol–water partition coefficient (Wildman–Crippen LogP) is 1.37. The first-order valence-corrected chi connectivity index (χ1v) is 5.31. The smallest absolute Gasteiger partial charge is 0.0522 e. The monoisotopic (exact) mass is 216 g/mol. The van der Waals surface area contributed by atoms with E-state index in [0.29, 0.717) is 0 Å². The number of aromatic nitrogens is 3. The molecule has 2 aromatic heterocycles. The molecule has 2 aromatic rings. The Morgan fingerprint density at radius 2 is 2.31 bits per heavy atom. The third-order valence-corrected chi connectivity index (χ3v) is 2.56. The molecule has 0 amide bonds. The lowest BCUT2D eigenvalue weighted by molar-refractivity contribution is 0.716. The minimum absolute atomic E-state index is 0.00546. The Balaban J connectivity index is 2.11. The van der Waals surface area contributed by atoms with E-state index in [2.05, 4.69) is 10.1 Å². The summed E-state index contributed by atoms with van der Waals surface area (Å²) in [5, 5.41) is 4.13. The summed E-state index contributed by atoms with van der Waals surface area (Å²) in [7, 11) is 1.91. The molecule has 4 heteroatoms. The van der Waals surface area contributed by atoms with Crippen LogP contribution in [0.25, 0.3) is 0 Å². The molecule has 4 nitrogen and oxygen atoms in total. The summed E-state index contributed by atoms with van der Waals surface area (Å²) in [4.78, 5) is 4.16. The molecule has 0 bridgehead atoms. The van der Waals surface area contributed by atoms with Crippen molar-refractivity contribution in [3.8, 4) is 0 Å². The van der Waals surface area contributed by atoms with E-state index < -0.39 is 0 Å². The van der Waals surface area contributed by atoms with Crippen LogP contribution in [0.5, 0.6) is 0 Å². The van der Waals surface area contributed by atoms with Gasteiger partial charge in [0.05, 0.1) is 6.20 Å². The van der Waals surface area contributed by atoms with Gasteiger partial charge in [0, 0.05) is 31.2 Å². The second-order valence-electron chi connectivity index (χ2n) is 4.06. The van der Waals surface area contributed by atoms with E-state index in [9.17, 15) is 0 Å². The molecule has 16 heavy (non-hydrogen) atoms. The molecule has 2 rings (SSSR count). The van der Waals surface area contributed by atoms with Gasteiger partial charge in [0.1, 0.15) is 0 Å². The van der Waals surface area contributed by atoms with Crippen LogP contribution in [0, 0.1) is 6.92 Å². The van der Waals surface area contributed by atoms with Crippen LogP contribution in [0.1, 0.15) is 22.9 Å². The fraction of sp³-hybridized carbons (Fsp3) is 0.333. The fourth-order valence-corrected chi connectivity index (χ4v) is 1.75. The molecule has 0 aliphatic rings. The molecule has 2 heterocycles. The van der Waals surface area contributed by atoms with Crippen LogP contribution >= 0.6 is 0 Å². The zero-order valence-corrected chi connectivity index (χ0v) is 9.59. The average Bonchev–Trinajstić information content (AvgIpc) is 2.64. The maximum atomic E-state index is 6.14. The molecule has 0 saturated carbocycles. The number of rotatable bonds is 3. The first-order chi connectivity index (χ1) is 7.65. The molecule has 0 spiro atoms. The molecule has 0 aliphatic carbocycles. The van der Waals surface area contributed by atoms with Crippen LogP contribution in [-0.2, 0) is 13.5 Å². The van der Waals surface area contributed by atoms with Gasteiger partial charge in [-0.05, 0) is 36.6 Å². The SMILES string of the molecule is Cc1cc(C(N)Cc2cnn(C)c2)ccn1. The van der Waals surface area contributed by atoms with Gasteiger partial charge in [-0.3, -0.25) is 9.67 Å². The Hall–Kier alpha value is -1.68. The molecule has 2 N–H and O–H groups in total. The van der Waals surface area contributed by atoms with Crippen LogP contribution in [-0.4, -0.2) is 14.8 Å². The highest BCUT2D eigenvalue weighted by atomic mass is 15.2. The van der Waals surface area contributed by atoms with Crippen LogP contribution in [0.15, 0.2) is 30.7 Å². The first kappa shape index (κ1) is 10.8. The van der Waals surface area contributed by atoms with Gasteiger partial charge in [0.2, 0.25) is 0 Å². The largest absolute Gasteiger partial charge is 0.324 e. The average molecular weight is 216 g/mol. The van der Waals surface area contributed by atoms with Gasteiger partial charge in [-0.25, -0.2) is 0 Å². The highest BCUT2D eigenvalue weighted by Crippen LogP contribution is 2.15. The number of nitrogens with zero attached hydrogens (tertiary/aromatic N) is 3. The van der Waals surface area contributed by atoms with Crippen molar-refractivity contribution in [2.24, 2.45) is 12.8 Å². The van der Waals surface area contributed by atoms with Crippen molar-refractivity contribution in [1.82, 2.24) is 14.8 Å². The Labute approximate surface area is 95.1 Å². The van der Waals surface area contributed by atoms with Crippen molar-refractivity contribution < 1.29 is 0 Å². The molecular formula is C12H16N4. The van der Waals surface area contributed by atoms with Crippen molar-refractivity contribution in [2.45, 2.75) is 19.4 Å². The second-order valence-corrected chi connectivity index (χ2v) is 4.06. The highest BCUT2D eigenvalue weighted by molar-refractivity contribution is 5.21. The van der Waals surface area contributed by atoms with Crippen molar-refractivity contribution >= 4 is 0 Å². The van der Waals surface area contributed by atoms with Gasteiger partial charge in [0.25, 0.3) is 0 Å². The first-order valence-electron chi connectivity index (χ1n) is 5.31. The zero-order chi connectivity index (χ0) is 11.5. The van der Waals surface area contributed by atoms with Crippen LogP contribution in [0.3, 0.4) is 0 Å². The summed E-state index contributed by atoms with van der Waals surface area (Å²) in [6.07, 6.45) is 6.45. The molecule has 0 aromatic carbocycles. The molecule has 0 radical (unpaired) electrons. The molecule has 0 saturated heterocycles. The lowest BCUT2D eigenvalue weighted by Crippen LogP contribution is -2.13. The summed E-state index contributed by atoms with van der Waals surface area (Å²) >= 11 is 0. The maximum Gasteiger partial charge on any atom is 0.0522 e. The Morgan fingerprint density at radius 1 is 1.50 bits per heavy atom. The number of pyridine rings is 1. The molecule has 1 atom stereocenters. The lowest BCUT2D eigenvalue weighted by Gasteiger charge is -2.10. The van der Waals surface area contributed by atoms with Crippen LogP contribution in [0.2, 0.25) is 0 Å². The summed E-state index contributed by atoms with van der Waals surface area (Å²) in [6.45, 7) is 1.97. The van der Waals surface area contributed by atoms with Crippen LogP contribution < -0.4 is 5.73 Å². The molecule has 1 unspecified atom stereocenters. The molecule has 84 valence electrons. The van der Waals surface area contributed by atoms with E-state index in [1.807, 2.05) is 38.5 Å². The van der Waals surface area contributed by atoms with Gasteiger partial charge in [-0.1, -0.05) is 0 Å². The second kappa shape index (κ2) is 4.45. The van der Waals surface area contributed by atoms with Crippen LogP contribution in [0.4, 0.5) is 0 Å². The van der Waals surface area contributed by atoms with Crippen molar-refractivity contribution in [3.63, 3.8) is 0 Å². The minimum Gasteiger partial charge on any atom is -0.324 e. The molecule has 0 fully saturated rings. The van der Waals surface area contributed by atoms with E-state index in [4.69, 9.17) is 5.73 Å². The summed E-state index contributed by atoms with van der Waals surface area (Å²) in [5.74, 6) is 0. The molecular weight excluding hydrogens is 200 g/mol. The van der Waals surface area contributed by atoms with E-state index in [1.54, 1.807) is 10.9 Å². The lowest BCUT2D eigenvalue weighted by atomic mass is 10.0. The van der Waals surface area contributed by atoms with Gasteiger partial charge in [0.15, 0.2) is 0 Å². The Bertz CT molecular complexity index is 475. The Morgan fingerprint density at radius 3 is 2.94 bits per heavy atom. The normalized spacial score (nSPS) is 12.7. The topological polar surface area (TPSA) is 56.7 Å². The number of hydrogen-bond acceptors (Lipinski definition) is 3. The van der Waals surface area contributed by atoms with E-state index in [-0.39, 0.29) is 6.04 Å². The van der Waals surface area contributed by atoms with Gasteiger partial charge < -0.3 is 5.73 Å². The fourth-order valence-electron chi connectivity index (χ4n) is 1.75. The maximum absolute atomic E-state index is 6.14. The summed E-state index contributed by atoms with van der Waals surface area (Å²) < 4.78 is 1.79. The van der Waals surface area contributed by atoms with E-state index in [0.717, 1.165) is 23.2 Å². The van der Waals surface area contributed by atoms with E-state index >= 15 is 0 Å². The van der Waals surface area contributed by atoms with Crippen molar-refractivity contribution in [3.05, 3.63) is 47.5 Å². The number of hydrogen-bond donors (Lipinski definition) is 1. The minimum atomic E-state index is 0.00546. The predicted molar refractivity (Wildman–Crippen MR) is 62.8 cm³/mol. The van der Waals surface area contributed by atoms with Gasteiger partial charge >= 0.3 is 0 Å². The standard InChI is InChI=1S/C12H16N4/c1-9-5-11(3-4-14-9)12(13)6-10-7-15-16(2)8-10/h3-5,7-8,12H,6,13H2,1-2H3. The summed E-state index contributed by atoms with van der Waals surface area (Å²) in [6, 6.07) is 4.00. The zero-order valence-electron chi connectivity index (χ0n) is 9.59. The van der Waals surface area contributed by atoms with Gasteiger partial charge in [-0.15, -0.1) is 0 Å². The highest BCUT2D eigenvalue weighted by Gasteiger charge is 2.08. The quantitative estimate of drug-likeness (QED) is 0.843. The van der Waals surface area contributed by atoms with Crippen molar-refractivity contribution in [1.29, 1.82) is 0 Å².